The first-order valence-electron chi connectivity index (χ1n) is 6.20. The summed E-state index contributed by atoms with van der Waals surface area (Å²) in [6, 6.07) is 5.08. The van der Waals surface area contributed by atoms with E-state index < -0.39 is 5.82 Å². The van der Waals surface area contributed by atoms with Gasteiger partial charge in [0.05, 0.1) is 5.56 Å². The first-order valence-corrected chi connectivity index (χ1v) is 6.20. The van der Waals surface area contributed by atoms with Gasteiger partial charge >= 0.3 is 0 Å². The fourth-order valence-corrected chi connectivity index (χ4v) is 2.48. The highest BCUT2D eigenvalue weighted by atomic mass is 19.1. The molecule has 0 spiro atoms. The summed E-state index contributed by atoms with van der Waals surface area (Å²) in [7, 11) is 0. The first kappa shape index (κ1) is 12.1. The molecule has 0 saturated carbocycles. The molecule has 1 aliphatic rings. The molecular formula is C14H18FNO. The van der Waals surface area contributed by atoms with Crippen molar-refractivity contribution in [1.82, 2.24) is 4.90 Å². The molecule has 2 nitrogen and oxygen atoms in total. The number of carbonyl (C=O) groups excluding carboxylic acids is 1. The molecular weight excluding hydrogens is 217 g/mol. The molecule has 1 amide bonds. The van der Waals surface area contributed by atoms with Gasteiger partial charge in [-0.15, -0.1) is 0 Å². The maximum absolute atomic E-state index is 13.7. The Kier molecular flexibility index (Phi) is 3.46. The Morgan fingerprint density at radius 2 is 2.29 bits per heavy atom. The Balaban J connectivity index is 2.24. The number of likely N-dealkylation sites (tertiary alicyclic amines) is 1. The van der Waals surface area contributed by atoms with Crippen LogP contribution >= 0.6 is 0 Å². The SMILES string of the molecule is CCC1CCCN1C(=O)c1ccc(C)cc1F. The summed E-state index contributed by atoms with van der Waals surface area (Å²) in [5.74, 6) is -0.566. The smallest absolute Gasteiger partial charge is 0.257 e. The third kappa shape index (κ3) is 2.33. The number of amides is 1. The highest BCUT2D eigenvalue weighted by molar-refractivity contribution is 5.94. The number of benzene rings is 1. The molecule has 1 atom stereocenters. The molecule has 3 heteroatoms. The summed E-state index contributed by atoms with van der Waals surface area (Å²) in [5.41, 5.74) is 1.04. The van der Waals surface area contributed by atoms with E-state index in [1.54, 1.807) is 12.1 Å². The molecule has 1 unspecified atom stereocenters. The zero-order chi connectivity index (χ0) is 12.4. The van der Waals surface area contributed by atoms with E-state index in [0.29, 0.717) is 0 Å². The Morgan fingerprint density at radius 3 is 2.94 bits per heavy atom. The number of aryl methyl sites for hydroxylation is 1. The largest absolute Gasteiger partial charge is 0.336 e. The molecule has 1 aromatic carbocycles. The van der Waals surface area contributed by atoms with E-state index in [0.717, 1.165) is 31.4 Å². The maximum atomic E-state index is 13.7. The zero-order valence-electron chi connectivity index (χ0n) is 10.4. The highest BCUT2D eigenvalue weighted by Crippen LogP contribution is 2.23. The number of halogens is 1. The molecule has 92 valence electrons. The van der Waals surface area contributed by atoms with E-state index in [1.807, 2.05) is 11.8 Å². The van der Waals surface area contributed by atoms with Gasteiger partial charge in [-0.25, -0.2) is 4.39 Å². The summed E-state index contributed by atoms with van der Waals surface area (Å²) in [6.45, 7) is 4.65. The molecule has 1 aromatic rings. The van der Waals surface area contributed by atoms with Crippen molar-refractivity contribution in [2.75, 3.05) is 6.54 Å². The Bertz CT molecular complexity index is 430. The van der Waals surface area contributed by atoms with E-state index in [2.05, 4.69) is 6.92 Å². The minimum Gasteiger partial charge on any atom is -0.336 e. The fourth-order valence-electron chi connectivity index (χ4n) is 2.48. The first-order chi connectivity index (χ1) is 8.13. The van der Waals surface area contributed by atoms with Crippen LogP contribution in [0.5, 0.6) is 0 Å². The Morgan fingerprint density at radius 1 is 1.53 bits per heavy atom. The number of hydrogen-bond acceptors (Lipinski definition) is 1. The maximum Gasteiger partial charge on any atom is 0.257 e. The lowest BCUT2D eigenvalue weighted by Crippen LogP contribution is -2.35. The van der Waals surface area contributed by atoms with Crippen LogP contribution in [0.3, 0.4) is 0 Å². The van der Waals surface area contributed by atoms with E-state index in [1.165, 1.54) is 6.07 Å². The van der Waals surface area contributed by atoms with Crippen LogP contribution in [0.4, 0.5) is 4.39 Å². The summed E-state index contributed by atoms with van der Waals surface area (Å²) in [4.78, 5) is 14.0. The monoisotopic (exact) mass is 235 g/mol. The minimum atomic E-state index is -0.406. The van der Waals surface area contributed by atoms with Crippen LogP contribution in [-0.4, -0.2) is 23.4 Å². The lowest BCUT2D eigenvalue weighted by Gasteiger charge is -2.23. The van der Waals surface area contributed by atoms with Gasteiger partial charge in [0.2, 0.25) is 0 Å². The average Bonchev–Trinajstić information content (AvgIpc) is 2.76. The second-order valence-corrected chi connectivity index (χ2v) is 4.69. The van der Waals surface area contributed by atoms with Crippen molar-refractivity contribution in [3.05, 3.63) is 35.1 Å². The second kappa shape index (κ2) is 4.86. The van der Waals surface area contributed by atoms with Gasteiger partial charge in [0.25, 0.3) is 5.91 Å². The highest BCUT2D eigenvalue weighted by Gasteiger charge is 2.29. The van der Waals surface area contributed by atoms with Gasteiger partial charge in [0, 0.05) is 12.6 Å². The predicted molar refractivity (Wildman–Crippen MR) is 65.5 cm³/mol. The molecule has 1 fully saturated rings. The van der Waals surface area contributed by atoms with Gasteiger partial charge in [-0.3, -0.25) is 4.79 Å². The number of carbonyl (C=O) groups is 1. The van der Waals surface area contributed by atoms with Crippen molar-refractivity contribution in [3.63, 3.8) is 0 Å². The minimum absolute atomic E-state index is 0.160. The van der Waals surface area contributed by atoms with Gasteiger partial charge < -0.3 is 4.90 Å². The number of rotatable bonds is 2. The average molecular weight is 235 g/mol. The molecule has 17 heavy (non-hydrogen) atoms. The van der Waals surface area contributed by atoms with E-state index >= 15 is 0 Å². The second-order valence-electron chi connectivity index (χ2n) is 4.69. The Labute approximate surface area is 101 Å². The molecule has 0 radical (unpaired) electrons. The standard InChI is InChI=1S/C14H18FNO/c1-3-11-5-4-8-16(11)14(17)12-7-6-10(2)9-13(12)15/h6-7,9,11H,3-5,8H2,1-2H3. The van der Waals surface area contributed by atoms with Gasteiger partial charge in [0.1, 0.15) is 5.82 Å². The van der Waals surface area contributed by atoms with Crippen molar-refractivity contribution < 1.29 is 9.18 Å². The van der Waals surface area contributed by atoms with Crippen molar-refractivity contribution in [2.24, 2.45) is 0 Å². The molecule has 2 rings (SSSR count). The molecule has 1 heterocycles. The third-order valence-corrected chi connectivity index (χ3v) is 3.46. The van der Waals surface area contributed by atoms with Gasteiger partial charge in [0.15, 0.2) is 0 Å². The van der Waals surface area contributed by atoms with Crippen LogP contribution in [0.1, 0.15) is 42.1 Å². The van der Waals surface area contributed by atoms with Crippen molar-refractivity contribution in [2.45, 2.75) is 39.2 Å². The lowest BCUT2D eigenvalue weighted by molar-refractivity contribution is 0.0729. The molecule has 0 aromatic heterocycles. The molecule has 0 aliphatic carbocycles. The van der Waals surface area contributed by atoms with Crippen LogP contribution in [0.15, 0.2) is 18.2 Å². The fraction of sp³-hybridized carbons (Fsp3) is 0.500. The Hall–Kier alpha value is -1.38. The van der Waals surface area contributed by atoms with Crippen molar-refractivity contribution in [3.8, 4) is 0 Å². The van der Waals surface area contributed by atoms with Gasteiger partial charge in [-0.2, -0.15) is 0 Å². The normalized spacial score (nSPS) is 19.7. The van der Waals surface area contributed by atoms with Crippen molar-refractivity contribution in [1.29, 1.82) is 0 Å². The zero-order valence-corrected chi connectivity index (χ0v) is 10.4. The quantitative estimate of drug-likeness (QED) is 0.771. The molecule has 1 aliphatic heterocycles. The lowest BCUT2D eigenvalue weighted by atomic mass is 10.1. The van der Waals surface area contributed by atoms with E-state index in [9.17, 15) is 9.18 Å². The summed E-state index contributed by atoms with van der Waals surface area (Å²) in [5, 5.41) is 0. The molecule has 0 N–H and O–H groups in total. The topological polar surface area (TPSA) is 20.3 Å². The molecule has 0 bridgehead atoms. The van der Waals surface area contributed by atoms with E-state index in [-0.39, 0.29) is 17.5 Å². The van der Waals surface area contributed by atoms with Crippen LogP contribution in [-0.2, 0) is 0 Å². The number of nitrogens with zero attached hydrogens (tertiary/aromatic N) is 1. The van der Waals surface area contributed by atoms with Crippen molar-refractivity contribution >= 4 is 5.91 Å². The third-order valence-electron chi connectivity index (χ3n) is 3.46. The van der Waals surface area contributed by atoms with Crippen LogP contribution in [0.2, 0.25) is 0 Å². The summed E-state index contributed by atoms with van der Waals surface area (Å²) in [6.07, 6.45) is 3.01. The number of hydrogen-bond donors (Lipinski definition) is 0. The van der Waals surface area contributed by atoms with Crippen LogP contribution in [0, 0.1) is 12.7 Å². The molecule has 1 saturated heterocycles. The summed E-state index contributed by atoms with van der Waals surface area (Å²) < 4.78 is 13.7. The van der Waals surface area contributed by atoms with Gasteiger partial charge in [-0.1, -0.05) is 13.0 Å². The summed E-state index contributed by atoms with van der Waals surface area (Å²) >= 11 is 0. The van der Waals surface area contributed by atoms with E-state index in [4.69, 9.17) is 0 Å². The van der Waals surface area contributed by atoms with Crippen LogP contribution < -0.4 is 0 Å². The van der Waals surface area contributed by atoms with Gasteiger partial charge in [-0.05, 0) is 43.9 Å². The van der Waals surface area contributed by atoms with Crippen LogP contribution in [0.25, 0.3) is 0 Å². The predicted octanol–water partition coefficient (Wildman–Crippen LogP) is 3.15.